The molecule has 1 fully saturated rings. The van der Waals surface area contributed by atoms with E-state index >= 15 is 0 Å². The van der Waals surface area contributed by atoms with Crippen molar-refractivity contribution in [2.45, 2.75) is 92.4 Å². The summed E-state index contributed by atoms with van der Waals surface area (Å²) in [5.41, 5.74) is 8.26. The fourth-order valence-corrected chi connectivity index (χ4v) is 7.91. The van der Waals surface area contributed by atoms with Crippen LogP contribution in [0.15, 0.2) is 54.7 Å². The Hall–Kier alpha value is -3.39. The van der Waals surface area contributed by atoms with Crippen molar-refractivity contribution in [2.24, 2.45) is 18.4 Å². The van der Waals surface area contributed by atoms with E-state index in [1.54, 1.807) is 0 Å². The van der Waals surface area contributed by atoms with E-state index in [0.29, 0.717) is 11.8 Å². The molecule has 4 aromatic carbocycles. The standard InChI is InChI=1S/C40H46NO/c1-24(2)19-26-13-15-31-33(20-26)25(3)36-38-37-32(17-18-41(38)7)30-16-14-28(27-11-9-8-10-12-27)21-29(30)22-35(37)42-39(36)34(31)23-40(4,5)6/h13-18,20-22,24,27H,8-12,19,23H2,1-7H3/q+1. The molecule has 0 saturated heterocycles. The monoisotopic (exact) mass is 556 g/mol. The third-order valence-corrected chi connectivity index (χ3v) is 9.79. The van der Waals surface area contributed by atoms with Crippen molar-refractivity contribution in [3.05, 3.63) is 77.0 Å². The van der Waals surface area contributed by atoms with Gasteiger partial charge in [0, 0.05) is 17.0 Å². The molecule has 0 atom stereocenters. The minimum absolute atomic E-state index is 0.128. The molecule has 2 nitrogen and oxygen atoms in total. The maximum absolute atomic E-state index is 7.15. The zero-order valence-corrected chi connectivity index (χ0v) is 26.7. The first-order valence-electron chi connectivity index (χ1n) is 16.2. The smallest absolute Gasteiger partial charge is 0.228 e. The van der Waals surface area contributed by atoms with E-state index in [0.717, 1.165) is 24.3 Å². The Kier molecular flexibility index (Phi) is 6.61. The van der Waals surface area contributed by atoms with E-state index in [9.17, 15) is 0 Å². The van der Waals surface area contributed by atoms with Crippen LogP contribution in [0.3, 0.4) is 0 Å². The highest BCUT2D eigenvalue weighted by Gasteiger charge is 2.34. The van der Waals surface area contributed by atoms with Crippen molar-refractivity contribution in [3.63, 3.8) is 0 Å². The molecule has 2 heterocycles. The van der Waals surface area contributed by atoms with E-state index < -0.39 is 0 Å². The maximum Gasteiger partial charge on any atom is 0.228 e. The molecule has 0 bridgehead atoms. The lowest BCUT2D eigenvalue weighted by Crippen LogP contribution is -2.32. The van der Waals surface area contributed by atoms with Crippen LogP contribution in [0.1, 0.15) is 94.9 Å². The molecule has 42 heavy (non-hydrogen) atoms. The van der Waals surface area contributed by atoms with Crippen LogP contribution >= 0.6 is 0 Å². The number of hydrogen-bond donors (Lipinski definition) is 0. The summed E-state index contributed by atoms with van der Waals surface area (Å²) in [6, 6.07) is 19.1. The number of aryl methyl sites for hydroxylation is 2. The van der Waals surface area contributed by atoms with Crippen molar-refractivity contribution >= 4 is 32.3 Å². The molecular weight excluding hydrogens is 510 g/mol. The van der Waals surface area contributed by atoms with E-state index in [4.69, 9.17) is 4.74 Å². The van der Waals surface area contributed by atoms with Crippen molar-refractivity contribution in [3.8, 4) is 22.8 Å². The zero-order valence-electron chi connectivity index (χ0n) is 26.7. The Morgan fingerprint density at radius 1 is 0.881 bits per heavy atom. The van der Waals surface area contributed by atoms with Crippen LogP contribution in [0.25, 0.3) is 43.6 Å². The van der Waals surface area contributed by atoms with Gasteiger partial charge in [-0.05, 0) is 94.2 Å². The number of benzene rings is 4. The largest absolute Gasteiger partial charge is 0.455 e. The Morgan fingerprint density at radius 3 is 2.38 bits per heavy atom. The van der Waals surface area contributed by atoms with Gasteiger partial charge < -0.3 is 4.74 Å². The second-order valence-corrected chi connectivity index (χ2v) is 14.9. The predicted octanol–water partition coefficient (Wildman–Crippen LogP) is 10.9. The van der Waals surface area contributed by atoms with Crippen LogP contribution in [0.5, 0.6) is 11.5 Å². The van der Waals surface area contributed by atoms with Crippen molar-refractivity contribution < 1.29 is 9.30 Å². The van der Waals surface area contributed by atoms with Crippen LogP contribution in [-0.4, -0.2) is 0 Å². The lowest BCUT2D eigenvalue weighted by atomic mass is 9.81. The van der Waals surface area contributed by atoms with Gasteiger partial charge in [-0.1, -0.05) is 90.3 Å². The van der Waals surface area contributed by atoms with Crippen molar-refractivity contribution in [1.29, 1.82) is 0 Å². The van der Waals surface area contributed by atoms with Crippen LogP contribution in [-0.2, 0) is 19.9 Å². The fourth-order valence-electron chi connectivity index (χ4n) is 7.91. The zero-order chi connectivity index (χ0) is 29.3. The number of rotatable bonds is 4. The molecule has 1 aliphatic heterocycles. The van der Waals surface area contributed by atoms with Gasteiger partial charge in [0.2, 0.25) is 5.69 Å². The summed E-state index contributed by atoms with van der Waals surface area (Å²) in [6.45, 7) is 14.0. The van der Waals surface area contributed by atoms with E-state index in [2.05, 4.69) is 108 Å². The molecule has 0 radical (unpaired) electrons. The molecule has 0 N–H and O–H groups in total. The van der Waals surface area contributed by atoms with Gasteiger partial charge >= 0.3 is 0 Å². The first-order chi connectivity index (χ1) is 20.1. The van der Waals surface area contributed by atoms with Gasteiger partial charge in [0.15, 0.2) is 6.20 Å². The van der Waals surface area contributed by atoms with Crippen LogP contribution in [0.4, 0.5) is 0 Å². The van der Waals surface area contributed by atoms with Gasteiger partial charge in [-0.2, -0.15) is 0 Å². The average molecular weight is 557 g/mol. The Balaban J connectivity index is 1.52. The number of nitrogens with zero attached hydrogens (tertiary/aromatic N) is 1. The van der Waals surface area contributed by atoms with Gasteiger partial charge in [-0.25, -0.2) is 4.57 Å². The van der Waals surface area contributed by atoms with Gasteiger partial charge in [-0.15, -0.1) is 0 Å². The molecule has 216 valence electrons. The number of fused-ring (bicyclic) bond motifs is 5. The Bertz CT molecular complexity index is 1860. The van der Waals surface area contributed by atoms with Crippen LogP contribution in [0.2, 0.25) is 0 Å². The fraction of sp³-hybridized carbons (Fsp3) is 0.425. The van der Waals surface area contributed by atoms with Crippen LogP contribution in [0, 0.1) is 18.3 Å². The number of hydrogen-bond acceptors (Lipinski definition) is 1. The number of ether oxygens (including phenoxy) is 1. The maximum atomic E-state index is 7.15. The van der Waals surface area contributed by atoms with Gasteiger partial charge in [0.05, 0.1) is 10.9 Å². The molecule has 1 saturated carbocycles. The lowest BCUT2D eigenvalue weighted by molar-refractivity contribution is -0.659. The van der Waals surface area contributed by atoms with E-state index in [-0.39, 0.29) is 5.41 Å². The molecule has 5 aromatic rings. The van der Waals surface area contributed by atoms with Crippen molar-refractivity contribution in [1.82, 2.24) is 0 Å². The number of pyridine rings is 1. The molecule has 1 aliphatic carbocycles. The molecule has 2 heteroatoms. The third-order valence-electron chi connectivity index (χ3n) is 9.79. The predicted molar refractivity (Wildman–Crippen MR) is 178 cm³/mol. The minimum Gasteiger partial charge on any atom is -0.455 e. The van der Waals surface area contributed by atoms with Crippen LogP contribution < -0.4 is 9.30 Å². The third kappa shape index (κ3) is 4.59. The summed E-state index contributed by atoms with van der Waals surface area (Å²) in [5.74, 6) is 3.38. The van der Waals surface area contributed by atoms with E-state index in [1.807, 2.05) is 0 Å². The summed E-state index contributed by atoms with van der Waals surface area (Å²) in [5, 5.41) is 7.88. The number of aromatic nitrogens is 1. The highest BCUT2D eigenvalue weighted by molar-refractivity contribution is 6.16. The highest BCUT2D eigenvalue weighted by Crippen LogP contribution is 2.53. The lowest BCUT2D eigenvalue weighted by Gasteiger charge is -2.28. The summed E-state index contributed by atoms with van der Waals surface area (Å²) < 4.78 is 9.47. The summed E-state index contributed by atoms with van der Waals surface area (Å²) >= 11 is 0. The summed E-state index contributed by atoms with van der Waals surface area (Å²) in [4.78, 5) is 0. The summed E-state index contributed by atoms with van der Waals surface area (Å²) in [6.07, 6.45) is 11.0. The summed E-state index contributed by atoms with van der Waals surface area (Å²) in [7, 11) is 2.20. The van der Waals surface area contributed by atoms with Crippen molar-refractivity contribution in [2.75, 3.05) is 0 Å². The molecule has 0 amide bonds. The first kappa shape index (κ1) is 27.4. The molecular formula is C40H46NO+. The van der Waals surface area contributed by atoms with Gasteiger partial charge in [0.1, 0.15) is 18.5 Å². The molecule has 2 aliphatic rings. The normalized spacial score (nSPS) is 15.5. The minimum atomic E-state index is 0.128. The highest BCUT2D eigenvalue weighted by atomic mass is 16.5. The Morgan fingerprint density at radius 2 is 1.64 bits per heavy atom. The second kappa shape index (κ2) is 10.1. The quantitative estimate of drug-likeness (QED) is 0.155. The average Bonchev–Trinajstić information content (AvgIpc) is 2.95. The first-order valence-corrected chi connectivity index (χ1v) is 16.2. The molecule has 0 spiro atoms. The molecule has 0 unspecified atom stereocenters. The molecule has 7 rings (SSSR count). The Labute approximate surface area is 251 Å². The SMILES string of the molecule is Cc1c2c(c(CC(C)(C)C)c3ccc(CC(C)C)cc13)Oc1cc3cc(C4CCCCC4)ccc3c3cc[n+](C)c-2c13. The van der Waals surface area contributed by atoms with Gasteiger partial charge in [0.25, 0.3) is 0 Å². The van der Waals surface area contributed by atoms with Gasteiger partial charge in [-0.3, -0.25) is 0 Å². The molecule has 1 aromatic heterocycles. The van der Waals surface area contributed by atoms with E-state index in [1.165, 1.54) is 97.9 Å². The topological polar surface area (TPSA) is 13.1 Å². The second-order valence-electron chi connectivity index (χ2n) is 14.9.